The fourth-order valence-corrected chi connectivity index (χ4v) is 3.94. The fourth-order valence-electron chi connectivity index (χ4n) is 3.94. The van der Waals surface area contributed by atoms with Crippen LogP contribution in [0, 0.1) is 22.6 Å². The molecule has 0 saturated heterocycles. The molecule has 2 aliphatic rings. The van der Waals surface area contributed by atoms with Crippen LogP contribution in [0.5, 0.6) is 5.75 Å². The zero-order valence-electron chi connectivity index (χ0n) is 13.9. The second-order valence-electron chi connectivity index (χ2n) is 7.33. The maximum Gasteiger partial charge on any atom is 0.277 e. The van der Waals surface area contributed by atoms with Crippen molar-refractivity contribution < 1.29 is 13.9 Å². The number of benzene rings is 1. The normalized spacial score (nSPS) is 29.7. The smallest absolute Gasteiger partial charge is 0.277 e. The molecule has 2 fully saturated rings. The largest absolute Gasteiger partial charge is 0.484 e. The van der Waals surface area contributed by atoms with E-state index in [1.807, 2.05) is 0 Å². The minimum atomic E-state index is -0.333. The molecule has 1 N–H and O–H groups in total. The molecule has 2 saturated carbocycles. The predicted molar refractivity (Wildman–Crippen MR) is 86.7 cm³/mol. The summed E-state index contributed by atoms with van der Waals surface area (Å²) < 4.78 is 18.1. The van der Waals surface area contributed by atoms with E-state index in [0.29, 0.717) is 11.7 Å². The molecule has 0 spiro atoms. The van der Waals surface area contributed by atoms with Crippen molar-refractivity contribution in [3.8, 4) is 5.75 Å². The summed E-state index contributed by atoms with van der Waals surface area (Å²) in [5, 5.41) is 4.38. The third-order valence-electron chi connectivity index (χ3n) is 6.01. The van der Waals surface area contributed by atoms with Crippen LogP contribution in [0.4, 0.5) is 4.39 Å². The standard InChI is InChI=1S/C18H23FN2O2/c1-17(2)12-8-9-18(17,3)15(10-12)20-21-16(22)11-23-14-6-4-13(19)5-7-14/h4-7,12H,8-11H2,1-3H3,(H,21,22). The SMILES string of the molecule is CC12CCC(CC1=NNC(=O)COc1ccc(F)cc1)C2(C)C. The Morgan fingerprint density at radius 2 is 2.04 bits per heavy atom. The van der Waals surface area contributed by atoms with E-state index in [9.17, 15) is 9.18 Å². The van der Waals surface area contributed by atoms with Crippen molar-refractivity contribution in [2.24, 2.45) is 21.8 Å². The van der Waals surface area contributed by atoms with Crippen molar-refractivity contribution in [1.29, 1.82) is 0 Å². The number of fused-ring (bicyclic) bond motifs is 2. The molecular weight excluding hydrogens is 295 g/mol. The van der Waals surface area contributed by atoms with E-state index in [1.54, 1.807) is 0 Å². The number of nitrogens with one attached hydrogen (secondary N) is 1. The Hall–Kier alpha value is -1.91. The van der Waals surface area contributed by atoms with E-state index in [0.717, 1.165) is 18.6 Å². The van der Waals surface area contributed by atoms with E-state index < -0.39 is 0 Å². The topological polar surface area (TPSA) is 50.7 Å². The number of hydrogen-bond acceptors (Lipinski definition) is 3. The lowest BCUT2D eigenvalue weighted by Crippen LogP contribution is -2.35. The van der Waals surface area contributed by atoms with Gasteiger partial charge in [0.2, 0.25) is 0 Å². The Morgan fingerprint density at radius 1 is 1.35 bits per heavy atom. The molecule has 0 aromatic heterocycles. The second-order valence-corrected chi connectivity index (χ2v) is 7.33. The molecule has 2 atom stereocenters. The molecule has 0 heterocycles. The highest BCUT2D eigenvalue weighted by molar-refractivity contribution is 5.95. The molecule has 23 heavy (non-hydrogen) atoms. The van der Waals surface area contributed by atoms with Crippen molar-refractivity contribution in [3.63, 3.8) is 0 Å². The average Bonchev–Trinajstić information content (AvgIpc) is 2.85. The minimum absolute atomic E-state index is 0.0722. The molecular formula is C18H23FN2O2. The van der Waals surface area contributed by atoms with Gasteiger partial charge in [-0.2, -0.15) is 5.10 Å². The van der Waals surface area contributed by atoms with Crippen LogP contribution >= 0.6 is 0 Å². The molecule has 2 unspecified atom stereocenters. The first kappa shape index (κ1) is 16.0. The Morgan fingerprint density at radius 3 is 2.61 bits per heavy atom. The fraction of sp³-hybridized carbons (Fsp3) is 0.556. The first-order chi connectivity index (χ1) is 10.8. The summed E-state index contributed by atoms with van der Waals surface area (Å²) in [4.78, 5) is 11.9. The van der Waals surface area contributed by atoms with Crippen molar-refractivity contribution >= 4 is 11.6 Å². The summed E-state index contributed by atoms with van der Waals surface area (Å²) in [6.45, 7) is 6.71. The van der Waals surface area contributed by atoms with Crippen LogP contribution in [-0.4, -0.2) is 18.2 Å². The zero-order chi connectivity index (χ0) is 16.7. The van der Waals surface area contributed by atoms with Crippen LogP contribution in [0.25, 0.3) is 0 Å². The van der Waals surface area contributed by atoms with Gasteiger partial charge in [0.15, 0.2) is 6.61 Å². The van der Waals surface area contributed by atoms with E-state index in [4.69, 9.17) is 4.74 Å². The Balaban J connectivity index is 1.56. The number of amides is 1. The third kappa shape index (κ3) is 2.73. The Labute approximate surface area is 136 Å². The van der Waals surface area contributed by atoms with E-state index in [1.165, 1.54) is 30.7 Å². The number of halogens is 1. The molecule has 1 amide bonds. The molecule has 5 heteroatoms. The van der Waals surface area contributed by atoms with Crippen molar-refractivity contribution in [1.82, 2.24) is 5.43 Å². The number of rotatable bonds is 4. The maximum absolute atomic E-state index is 12.8. The highest BCUT2D eigenvalue weighted by Gasteiger charge is 2.59. The van der Waals surface area contributed by atoms with Gasteiger partial charge in [-0.15, -0.1) is 0 Å². The van der Waals surface area contributed by atoms with Gasteiger partial charge in [0, 0.05) is 11.1 Å². The summed E-state index contributed by atoms with van der Waals surface area (Å²) in [6.07, 6.45) is 3.33. The maximum atomic E-state index is 12.8. The van der Waals surface area contributed by atoms with Crippen LogP contribution in [0.3, 0.4) is 0 Å². The van der Waals surface area contributed by atoms with E-state index in [2.05, 4.69) is 31.3 Å². The summed E-state index contributed by atoms with van der Waals surface area (Å²) >= 11 is 0. The number of carbonyl (C=O) groups excluding carboxylic acids is 1. The van der Waals surface area contributed by atoms with Gasteiger partial charge in [-0.3, -0.25) is 4.79 Å². The van der Waals surface area contributed by atoms with Gasteiger partial charge in [0.25, 0.3) is 5.91 Å². The highest BCUT2D eigenvalue weighted by atomic mass is 19.1. The Bertz CT molecular complexity index is 639. The highest BCUT2D eigenvalue weighted by Crippen LogP contribution is 2.63. The molecule has 1 aromatic carbocycles. The van der Waals surface area contributed by atoms with Gasteiger partial charge >= 0.3 is 0 Å². The summed E-state index contributed by atoms with van der Waals surface area (Å²) in [6, 6.07) is 5.58. The van der Waals surface area contributed by atoms with Crippen molar-refractivity contribution in [2.75, 3.05) is 6.61 Å². The molecule has 4 nitrogen and oxygen atoms in total. The zero-order valence-corrected chi connectivity index (χ0v) is 13.9. The van der Waals surface area contributed by atoms with Crippen LogP contribution in [-0.2, 0) is 4.79 Å². The van der Waals surface area contributed by atoms with E-state index in [-0.39, 0.29) is 29.2 Å². The van der Waals surface area contributed by atoms with Gasteiger partial charge in [-0.1, -0.05) is 20.8 Å². The molecule has 1 aromatic rings. The second kappa shape index (κ2) is 5.62. The number of nitrogens with zero attached hydrogens (tertiary/aromatic N) is 1. The molecule has 124 valence electrons. The van der Waals surface area contributed by atoms with Crippen LogP contribution in [0.2, 0.25) is 0 Å². The van der Waals surface area contributed by atoms with Crippen LogP contribution in [0.15, 0.2) is 29.4 Å². The molecule has 0 aliphatic heterocycles. The molecule has 0 radical (unpaired) electrons. The predicted octanol–water partition coefficient (Wildman–Crippen LogP) is 3.52. The average molecular weight is 318 g/mol. The van der Waals surface area contributed by atoms with Gasteiger partial charge in [0.1, 0.15) is 11.6 Å². The van der Waals surface area contributed by atoms with Gasteiger partial charge in [0.05, 0.1) is 0 Å². The van der Waals surface area contributed by atoms with Crippen molar-refractivity contribution in [2.45, 2.75) is 40.0 Å². The lowest BCUT2D eigenvalue weighted by Gasteiger charge is -2.34. The number of hydrazone groups is 1. The number of hydrogen-bond donors (Lipinski definition) is 1. The minimum Gasteiger partial charge on any atom is -0.484 e. The Kier molecular flexibility index (Phi) is 3.90. The lowest BCUT2D eigenvalue weighted by molar-refractivity contribution is -0.123. The summed E-state index contributed by atoms with van der Waals surface area (Å²) in [7, 11) is 0. The van der Waals surface area contributed by atoms with Crippen LogP contribution < -0.4 is 10.2 Å². The van der Waals surface area contributed by atoms with Gasteiger partial charge < -0.3 is 4.74 Å². The molecule has 3 rings (SSSR count). The first-order valence-corrected chi connectivity index (χ1v) is 8.07. The van der Waals surface area contributed by atoms with E-state index >= 15 is 0 Å². The summed E-state index contributed by atoms with van der Waals surface area (Å²) in [5.74, 6) is 0.479. The summed E-state index contributed by atoms with van der Waals surface area (Å²) in [5.41, 5.74) is 4.01. The molecule has 2 bridgehead atoms. The van der Waals surface area contributed by atoms with Gasteiger partial charge in [-0.25, -0.2) is 9.82 Å². The first-order valence-electron chi connectivity index (χ1n) is 8.07. The van der Waals surface area contributed by atoms with Crippen LogP contribution in [0.1, 0.15) is 40.0 Å². The number of carbonyl (C=O) groups is 1. The monoisotopic (exact) mass is 318 g/mol. The van der Waals surface area contributed by atoms with Gasteiger partial charge in [-0.05, 0) is 54.9 Å². The lowest BCUT2D eigenvalue weighted by atomic mass is 9.70. The van der Waals surface area contributed by atoms with Crippen molar-refractivity contribution in [3.05, 3.63) is 30.1 Å². The quantitative estimate of drug-likeness (QED) is 0.864. The third-order valence-corrected chi connectivity index (χ3v) is 6.01. The molecule has 2 aliphatic carbocycles. The number of ether oxygens (including phenoxy) is 1.